The Morgan fingerprint density at radius 3 is 1.29 bits per heavy atom. The van der Waals surface area contributed by atoms with Crippen molar-refractivity contribution >= 4 is 10.1 Å². The Kier molecular flexibility index (Phi) is 5.83. The summed E-state index contributed by atoms with van der Waals surface area (Å²) in [5, 5.41) is 0. The number of hydrogen-bond donors (Lipinski definition) is 1. The average molecular weight is 126 g/mol. The zero-order chi connectivity index (χ0) is 6.50. The van der Waals surface area contributed by atoms with Gasteiger partial charge in [0.25, 0.3) is 10.1 Å². The molecular formula is C3H10O3S. The van der Waals surface area contributed by atoms with Crippen LogP contribution in [-0.4, -0.2) is 19.2 Å². The second kappa shape index (κ2) is 4.08. The Hall–Kier alpha value is -0.0900. The van der Waals surface area contributed by atoms with Gasteiger partial charge in [0.1, 0.15) is 0 Å². The first kappa shape index (κ1) is 10.0. The van der Waals surface area contributed by atoms with Crippen molar-refractivity contribution in [1.82, 2.24) is 0 Å². The summed E-state index contributed by atoms with van der Waals surface area (Å²) in [4.78, 5) is 0. The van der Waals surface area contributed by atoms with Crippen LogP contribution in [0.1, 0.15) is 13.8 Å². The number of hydrogen-bond acceptors (Lipinski definition) is 2. The molecular weight excluding hydrogens is 116 g/mol. The van der Waals surface area contributed by atoms with E-state index in [4.69, 9.17) is 4.55 Å². The van der Waals surface area contributed by atoms with E-state index in [1.165, 1.54) is 0 Å². The largest absolute Gasteiger partial charge is 0.286 e. The molecule has 0 bridgehead atoms. The smallest absolute Gasteiger partial charge is 0.261 e. The molecule has 0 aliphatic rings. The van der Waals surface area contributed by atoms with Crippen LogP contribution in [0.15, 0.2) is 0 Å². The van der Waals surface area contributed by atoms with E-state index in [0.29, 0.717) is 6.26 Å². The van der Waals surface area contributed by atoms with E-state index in [1.807, 2.05) is 13.8 Å². The van der Waals surface area contributed by atoms with E-state index in [2.05, 4.69) is 0 Å². The highest BCUT2D eigenvalue weighted by molar-refractivity contribution is 7.85. The molecule has 0 saturated heterocycles. The minimum absolute atomic E-state index is 0.715. The van der Waals surface area contributed by atoms with E-state index in [0.717, 1.165) is 0 Å². The summed E-state index contributed by atoms with van der Waals surface area (Å²) in [6.45, 7) is 4.00. The van der Waals surface area contributed by atoms with Crippen LogP contribution in [0.5, 0.6) is 0 Å². The van der Waals surface area contributed by atoms with Crippen LogP contribution in [0.3, 0.4) is 0 Å². The lowest BCUT2D eigenvalue weighted by atomic mass is 11.0. The van der Waals surface area contributed by atoms with Gasteiger partial charge in [0, 0.05) is 0 Å². The summed E-state index contributed by atoms with van der Waals surface area (Å²) in [5.74, 6) is 0. The minimum atomic E-state index is -3.67. The molecule has 3 nitrogen and oxygen atoms in total. The van der Waals surface area contributed by atoms with Crippen LogP contribution in [-0.2, 0) is 10.1 Å². The fourth-order valence-corrected chi connectivity index (χ4v) is 0. The lowest BCUT2D eigenvalue weighted by Gasteiger charge is -1.69. The van der Waals surface area contributed by atoms with Gasteiger partial charge in [-0.05, 0) is 0 Å². The topological polar surface area (TPSA) is 54.4 Å². The third kappa shape index (κ3) is 11200. The highest BCUT2D eigenvalue weighted by atomic mass is 32.2. The van der Waals surface area contributed by atoms with Crippen molar-refractivity contribution in [3.8, 4) is 0 Å². The van der Waals surface area contributed by atoms with Crippen molar-refractivity contribution in [2.75, 3.05) is 6.26 Å². The molecule has 0 aromatic carbocycles. The zero-order valence-corrected chi connectivity index (χ0v) is 5.49. The summed E-state index contributed by atoms with van der Waals surface area (Å²) in [6, 6.07) is 0. The van der Waals surface area contributed by atoms with Gasteiger partial charge >= 0.3 is 0 Å². The monoisotopic (exact) mass is 126 g/mol. The maximum atomic E-state index is 9.19. The predicted molar refractivity (Wildman–Crippen MR) is 28.8 cm³/mol. The van der Waals surface area contributed by atoms with Gasteiger partial charge in [0.15, 0.2) is 0 Å². The van der Waals surface area contributed by atoms with Crippen molar-refractivity contribution in [2.24, 2.45) is 0 Å². The molecule has 7 heavy (non-hydrogen) atoms. The molecule has 0 amide bonds. The molecule has 0 aliphatic carbocycles. The molecule has 0 aromatic heterocycles. The molecule has 0 heterocycles. The molecule has 0 aliphatic heterocycles. The molecule has 4 heteroatoms. The van der Waals surface area contributed by atoms with Crippen LogP contribution >= 0.6 is 0 Å². The second-order valence-corrected chi connectivity index (χ2v) is 2.20. The van der Waals surface area contributed by atoms with E-state index in [-0.39, 0.29) is 0 Å². The molecule has 0 atom stereocenters. The van der Waals surface area contributed by atoms with Gasteiger partial charge in [-0.15, -0.1) is 0 Å². The van der Waals surface area contributed by atoms with Gasteiger partial charge in [-0.3, -0.25) is 4.55 Å². The van der Waals surface area contributed by atoms with E-state index < -0.39 is 10.1 Å². The Morgan fingerprint density at radius 2 is 1.29 bits per heavy atom. The van der Waals surface area contributed by atoms with Crippen LogP contribution in [0, 0.1) is 0 Å². The normalized spacial score (nSPS) is 9.14. The van der Waals surface area contributed by atoms with Gasteiger partial charge in [-0.1, -0.05) is 13.8 Å². The molecule has 1 N–H and O–H groups in total. The summed E-state index contributed by atoms with van der Waals surface area (Å²) in [5.41, 5.74) is 0. The standard InChI is InChI=1S/C2H6.CH4O3S/c1-2;1-5(2,3)4/h1-2H3;1H3,(H,2,3,4). The zero-order valence-electron chi connectivity index (χ0n) is 4.67. The molecule has 0 unspecified atom stereocenters. The first-order valence-corrected chi connectivity index (χ1v) is 3.77. The third-order valence-electron chi connectivity index (χ3n) is 0. The highest BCUT2D eigenvalue weighted by Gasteiger charge is 1.81. The van der Waals surface area contributed by atoms with Crippen molar-refractivity contribution in [1.29, 1.82) is 0 Å². The fourth-order valence-electron chi connectivity index (χ4n) is 0. The summed E-state index contributed by atoms with van der Waals surface area (Å²) >= 11 is 0. The second-order valence-electron chi connectivity index (χ2n) is 0.733. The van der Waals surface area contributed by atoms with Crippen molar-refractivity contribution < 1.29 is 13.0 Å². The first-order valence-electron chi connectivity index (χ1n) is 1.92. The van der Waals surface area contributed by atoms with E-state index in [1.54, 1.807) is 0 Å². The molecule has 0 rings (SSSR count). The molecule has 0 spiro atoms. The SMILES string of the molecule is CC.CS(=O)(=O)O. The van der Waals surface area contributed by atoms with Gasteiger partial charge in [-0.25, -0.2) is 0 Å². The Morgan fingerprint density at radius 1 is 1.29 bits per heavy atom. The van der Waals surface area contributed by atoms with Crippen LogP contribution in [0.2, 0.25) is 0 Å². The maximum Gasteiger partial charge on any atom is 0.261 e. The molecule has 46 valence electrons. The Labute approximate surface area is 44.1 Å². The third-order valence-corrected chi connectivity index (χ3v) is 0. The Bertz CT molecular complexity index is 93.3. The van der Waals surface area contributed by atoms with Gasteiger partial charge in [0.2, 0.25) is 0 Å². The van der Waals surface area contributed by atoms with E-state index in [9.17, 15) is 8.42 Å². The van der Waals surface area contributed by atoms with Gasteiger partial charge in [0.05, 0.1) is 6.26 Å². The van der Waals surface area contributed by atoms with Crippen molar-refractivity contribution in [3.05, 3.63) is 0 Å². The first-order chi connectivity index (χ1) is 3.00. The lowest BCUT2D eigenvalue weighted by molar-refractivity contribution is 0.490. The van der Waals surface area contributed by atoms with Crippen LogP contribution < -0.4 is 0 Å². The Balaban J connectivity index is 0. The van der Waals surface area contributed by atoms with Crippen LogP contribution in [0.25, 0.3) is 0 Å². The number of rotatable bonds is 0. The van der Waals surface area contributed by atoms with Gasteiger partial charge < -0.3 is 0 Å². The lowest BCUT2D eigenvalue weighted by Crippen LogP contribution is -1.88. The maximum absolute atomic E-state index is 9.19. The van der Waals surface area contributed by atoms with Crippen molar-refractivity contribution in [2.45, 2.75) is 13.8 Å². The molecule has 0 aromatic rings. The summed E-state index contributed by atoms with van der Waals surface area (Å²) in [7, 11) is -3.67. The predicted octanol–water partition coefficient (Wildman–Crippen LogP) is 0.530. The van der Waals surface area contributed by atoms with Gasteiger partial charge in [-0.2, -0.15) is 8.42 Å². The highest BCUT2D eigenvalue weighted by Crippen LogP contribution is 1.60. The summed E-state index contributed by atoms with van der Waals surface area (Å²) < 4.78 is 25.9. The van der Waals surface area contributed by atoms with Crippen molar-refractivity contribution in [3.63, 3.8) is 0 Å². The average Bonchev–Trinajstić information content (AvgIpc) is 1.36. The molecule has 0 radical (unpaired) electrons. The fraction of sp³-hybridized carbons (Fsp3) is 1.00. The van der Waals surface area contributed by atoms with E-state index >= 15 is 0 Å². The van der Waals surface area contributed by atoms with Crippen LogP contribution in [0.4, 0.5) is 0 Å². The molecule has 0 fully saturated rings. The summed E-state index contributed by atoms with van der Waals surface area (Å²) in [6.07, 6.45) is 0.715. The minimum Gasteiger partial charge on any atom is -0.286 e. The molecule has 0 saturated carbocycles. The quantitative estimate of drug-likeness (QED) is 0.482.